The van der Waals surface area contributed by atoms with E-state index >= 15 is 0 Å². The standard InChI is InChI=1S/C13H18N4O3S/c1-3-5-6-10(18)16-14-8-9-11(19)15-13(21)17(7-4-2)12(9)20/h4,8,20H,2-3,5-7H2,1H3,(H,16,18)(H,15,19,21)/b14-8+. The highest BCUT2D eigenvalue weighted by Crippen LogP contribution is 2.11. The fraction of sp³-hybridized carbons (Fsp3) is 0.385. The van der Waals surface area contributed by atoms with Gasteiger partial charge in [0.25, 0.3) is 5.56 Å². The van der Waals surface area contributed by atoms with Crippen molar-refractivity contribution in [2.24, 2.45) is 5.10 Å². The molecule has 1 aromatic heterocycles. The van der Waals surface area contributed by atoms with Crippen LogP contribution in [0.15, 0.2) is 22.6 Å². The van der Waals surface area contributed by atoms with Crippen LogP contribution in [0.25, 0.3) is 0 Å². The summed E-state index contributed by atoms with van der Waals surface area (Å²) in [4.78, 5) is 25.5. The maximum absolute atomic E-state index is 11.7. The summed E-state index contributed by atoms with van der Waals surface area (Å²) in [5.41, 5.74) is 1.64. The Morgan fingerprint density at radius 1 is 1.62 bits per heavy atom. The van der Waals surface area contributed by atoms with Gasteiger partial charge in [0, 0.05) is 13.0 Å². The van der Waals surface area contributed by atoms with Gasteiger partial charge in [-0.1, -0.05) is 19.4 Å². The van der Waals surface area contributed by atoms with E-state index in [9.17, 15) is 14.7 Å². The molecular formula is C13H18N4O3S. The first-order valence-corrected chi connectivity index (χ1v) is 6.91. The topological polar surface area (TPSA) is 99.5 Å². The molecular weight excluding hydrogens is 292 g/mol. The van der Waals surface area contributed by atoms with Crippen LogP contribution >= 0.6 is 12.2 Å². The second kappa shape index (κ2) is 8.15. The van der Waals surface area contributed by atoms with Gasteiger partial charge in [-0.05, 0) is 18.6 Å². The van der Waals surface area contributed by atoms with Gasteiger partial charge in [0.1, 0.15) is 5.56 Å². The molecule has 0 bridgehead atoms. The largest absolute Gasteiger partial charge is 0.494 e. The number of H-pyrrole nitrogens is 1. The van der Waals surface area contributed by atoms with Gasteiger partial charge in [0.05, 0.1) is 6.21 Å². The zero-order chi connectivity index (χ0) is 15.8. The minimum Gasteiger partial charge on any atom is -0.494 e. The van der Waals surface area contributed by atoms with Crippen molar-refractivity contribution in [1.82, 2.24) is 15.0 Å². The molecule has 21 heavy (non-hydrogen) atoms. The first-order chi connectivity index (χ1) is 10.0. The van der Waals surface area contributed by atoms with Gasteiger partial charge in [-0.15, -0.1) is 6.58 Å². The fourth-order valence-electron chi connectivity index (χ4n) is 1.55. The molecule has 0 unspecified atom stereocenters. The molecule has 1 rings (SSSR count). The van der Waals surface area contributed by atoms with E-state index in [2.05, 4.69) is 22.1 Å². The third kappa shape index (κ3) is 4.67. The van der Waals surface area contributed by atoms with Gasteiger partial charge in [-0.3, -0.25) is 19.1 Å². The van der Waals surface area contributed by atoms with Gasteiger partial charge in [0.2, 0.25) is 11.8 Å². The molecule has 0 atom stereocenters. The van der Waals surface area contributed by atoms with E-state index in [-0.39, 0.29) is 28.7 Å². The van der Waals surface area contributed by atoms with Crippen molar-refractivity contribution in [2.75, 3.05) is 0 Å². The summed E-state index contributed by atoms with van der Waals surface area (Å²) in [5, 5.41) is 13.7. The molecule has 0 aromatic carbocycles. The van der Waals surface area contributed by atoms with Crippen molar-refractivity contribution in [3.8, 4) is 5.88 Å². The number of hydrazone groups is 1. The molecule has 1 amide bonds. The molecule has 7 nitrogen and oxygen atoms in total. The SMILES string of the molecule is C=CCn1c(O)c(/C=N/NC(=O)CCCC)c(=O)[nH]c1=S. The normalized spacial score (nSPS) is 10.7. The highest BCUT2D eigenvalue weighted by Gasteiger charge is 2.10. The Hall–Kier alpha value is -2.22. The molecule has 0 saturated carbocycles. The number of unbranched alkanes of at least 4 members (excludes halogenated alkanes) is 1. The average molecular weight is 310 g/mol. The molecule has 0 spiro atoms. The average Bonchev–Trinajstić information content (AvgIpc) is 2.44. The van der Waals surface area contributed by atoms with E-state index in [4.69, 9.17) is 12.2 Å². The third-order valence-corrected chi connectivity index (χ3v) is 2.98. The quantitative estimate of drug-likeness (QED) is 0.307. The Balaban J connectivity index is 2.95. The molecule has 1 aromatic rings. The zero-order valence-electron chi connectivity index (χ0n) is 11.8. The summed E-state index contributed by atoms with van der Waals surface area (Å²) in [6.07, 6.45) is 4.64. The van der Waals surface area contributed by atoms with Crippen LogP contribution < -0.4 is 11.0 Å². The summed E-state index contributed by atoms with van der Waals surface area (Å²) in [7, 11) is 0. The monoisotopic (exact) mass is 310 g/mol. The van der Waals surface area contributed by atoms with Crippen LogP contribution in [0, 0.1) is 4.77 Å². The van der Waals surface area contributed by atoms with Crippen LogP contribution in [-0.2, 0) is 11.3 Å². The number of amides is 1. The minimum atomic E-state index is -0.579. The molecule has 3 N–H and O–H groups in total. The summed E-state index contributed by atoms with van der Waals surface area (Å²) in [6, 6.07) is 0. The number of hydrogen-bond acceptors (Lipinski definition) is 5. The van der Waals surface area contributed by atoms with E-state index < -0.39 is 5.56 Å². The number of carbonyl (C=O) groups excluding carboxylic acids is 1. The van der Waals surface area contributed by atoms with Gasteiger partial charge < -0.3 is 5.11 Å². The summed E-state index contributed by atoms with van der Waals surface area (Å²) < 4.78 is 1.38. The van der Waals surface area contributed by atoms with Gasteiger partial charge in [0.15, 0.2) is 4.77 Å². The third-order valence-electron chi connectivity index (χ3n) is 2.66. The predicted molar refractivity (Wildman–Crippen MR) is 83.0 cm³/mol. The van der Waals surface area contributed by atoms with Crippen molar-refractivity contribution in [1.29, 1.82) is 0 Å². The maximum Gasteiger partial charge on any atom is 0.264 e. The number of carbonyl (C=O) groups is 1. The molecule has 0 aliphatic carbocycles. The number of aromatic amines is 1. The number of hydrogen-bond donors (Lipinski definition) is 3. The van der Waals surface area contributed by atoms with E-state index in [1.54, 1.807) is 0 Å². The van der Waals surface area contributed by atoms with Crippen molar-refractivity contribution in [3.63, 3.8) is 0 Å². The fourth-order valence-corrected chi connectivity index (χ4v) is 1.81. The van der Waals surface area contributed by atoms with Crippen LogP contribution in [0.4, 0.5) is 0 Å². The summed E-state index contributed by atoms with van der Waals surface area (Å²) in [5.74, 6) is -0.571. The van der Waals surface area contributed by atoms with Crippen LogP contribution in [0.3, 0.4) is 0 Å². The van der Waals surface area contributed by atoms with Crippen molar-refractivity contribution in [2.45, 2.75) is 32.7 Å². The molecule has 0 saturated heterocycles. The number of nitrogens with zero attached hydrogens (tertiary/aromatic N) is 2. The molecule has 0 aliphatic rings. The Labute approximate surface area is 127 Å². The number of aromatic nitrogens is 2. The molecule has 0 aliphatic heterocycles. The van der Waals surface area contributed by atoms with Crippen LogP contribution in [0.2, 0.25) is 0 Å². The molecule has 114 valence electrons. The maximum atomic E-state index is 11.7. The van der Waals surface area contributed by atoms with E-state index in [0.717, 1.165) is 19.1 Å². The Kier molecular flexibility index (Phi) is 6.54. The van der Waals surface area contributed by atoms with Gasteiger partial charge in [-0.2, -0.15) is 5.10 Å². The smallest absolute Gasteiger partial charge is 0.264 e. The molecule has 8 heteroatoms. The van der Waals surface area contributed by atoms with Crippen molar-refractivity contribution < 1.29 is 9.90 Å². The summed E-state index contributed by atoms with van der Waals surface area (Å²) >= 11 is 4.94. The second-order valence-electron chi connectivity index (χ2n) is 4.29. The van der Waals surface area contributed by atoms with Crippen LogP contribution in [0.5, 0.6) is 5.88 Å². The van der Waals surface area contributed by atoms with Gasteiger partial charge in [-0.25, -0.2) is 5.43 Å². The van der Waals surface area contributed by atoms with E-state index in [1.165, 1.54) is 10.6 Å². The van der Waals surface area contributed by atoms with Crippen LogP contribution in [0.1, 0.15) is 31.7 Å². The molecule has 0 radical (unpaired) electrons. The lowest BCUT2D eigenvalue weighted by atomic mass is 10.2. The van der Waals surface area contributed by atoms with Crippen molar-refractivity contribution >= 4 is 24.3 Å². The first kappa shape index (κ1) is 16.8. The van der Waals surface area contributed by atoms with E-state index in [1.807, 2.05) is 6.92 Å². The zero-order valence-corrected chi connectivity index (χ0v) is 12.6. The van der Waals surface area contributed by atoms with Crippen molar-refractivity contribution in [3.05, 3.63) is 33.3 Å². The number of rotatable bonds is 7. The number of nitrogens with one attached hydrogen (secondary N) is 2. The molecule has 0 fully saturated rings. The lowest BCUT2D eigenvalue weighted by Gasteiger charge is -2.08. The lowest BCUT2D eigenvalue weighted by Crippen LogP contribution is -2.21. The highest BCUT2D eigenvalue weighted by atomic mass is 32.1. The lowest BCUT2D eigenvalue weighted by molar-refractivity contribution is -0.121. The van der Waals surface area contributed by atoms with E-state index in [0.29, 0.717) is 6.42 Å². The second-order valence-corrected chi connectivity index (χ2v) is 4.68. The number of aromatic hydroxyl groups is 1. The number of allylic oxidation sites excluding steroid dienone is 1. The first-order valence-electron chi connectivity index (χ1n) is 6.50. The molecule has 1 heterocycles. The Morgan fingerprint density at radius 2 is 2.33 bits per heavy atom. The predicted octanol–water partition coefficient (Wildman–Crippen LogP) is 1.44. The Bertz CT molecular complexity index is 660. The summed E-state index contributed by atoms with van der Waals surface area (Å²) in [6.45, 7) is 5.76. The van der Waals surface area contributed by atoms with Gasteiger partial charge >= 0.3 is 0 Å². The Morgan fingerprint density at radius 3 is 2.95 bits per heavy atom. The highest BCUT2D eigenvalue weighted by molar-refractivity contribution is 7.71. The minimum absolute atomic E-state index is 0.0822. The van der Waals surface area contributed by atoms with Crippen LogP contribution in [-0.4, -0.2) is 26.8 Å².